The van der Waals surface area contributed by atoms with Gasteiger partial charge in [0.1, 0.15) is 0 Å². The predicted molar refractivity (Wildman–Crippen MR) is 72.7 cm³/mol. The van der Waals surface area contributed by atoms with Gasteiger partial charge in [0.05, 0.1) is 5.69 Å². The van der Waals surface area contributed by atoms with Crippen LogP contribution in [0, 0.1) is 11.8 Å². The van der Waals surface area contributed by atoms with Gasteiger partial charge in [-0.3, -0.25) is 4.98 Å². The third-order valence-electron chi connectivity index (χ3n) is 3.31. The first-order chi connectivity index (χ1) is 8.19. The Morgan fingerprint density at radius 2 is 2.18 bits per heavy atom. The molecule has 1 unspecified atom stereocenters. The summed E-state index contributed by atoms with van der Waals surface area (Å²) in [5.74, 6) is 1.17. The molecule has 0 spiro atoms. The van der Waals surface area contributed by atoms with Gasteiger partial charge in [-0.1, -0.05) is 26.8 Å². The average Bonchev–Trinajstić information content (AvgIpc) is 2.34. The SMILES string of the molecule is CCc1cccnc1CNCC(CN)C(C)C. The van der Waals surface area contributed by atoms with E-state index in [-0.39, 0.29) is 0 Å². The van der Waals surface area contributed by atoms with Crippen LogP contribution in [0.4, 0.5) is 0 Å². The van der Waals surface area contributed by atoms with E-state index in [1.165, 1.54) is 5.56 Å². The summed E-state index contributed by atoms with van der Waals surface area (Å²) < 4.78 is 0. The highest BCUT2D eigenvalue weighted by Crippen LogP contribution is 2.09. The molecule has 1 heterocycles. The van der Waals surface area contributed by atoms with E-state index in [9.17, 15) is 0 Å². The van der Waals surface area contributed by atoms with Gasteiger partial charge in [0.2, 0.25) is 0 Å². The van der Waals surface area contributed by atoms with Crippen molar-refractivity contribution in [1.82, 2.24) is 10.3 Å². The van der Waals surface area contributed by atoms with Crippen LogP contribution >= 0.6 is 0 Å². The minimum atomic E-state index is 0.545. The van der Waals surface area contributed by atoms with E-state index in [1.807, 2.05) is 12.3 Å². The van der Waals surface area contributed by atoms with Crippen LogP contribution in [-0.4, -0.2) is 18.1 Å². The molecule has 0 saturated carbocycles. The van der Waals surface area contributed by atoms with Crippen LogP contribution < -0.4 is 11.1 Å². The van der Waals surface area contributed by atoms with E-state index in [0.29, 0.717) is 11.8 Å². The fraction of sp³-hybridized carbons (Fsp3) is 0.643. The van der Waals surface area contributed by atoms with Crippen molar-refractivity contribution < 1.29 is 0 Å². The normalized spacial score (nSPS) is 13.0. The number of pyridine rings is 1. The number of aryl methyl sites for hydroxylation is 1. The molecule has 0 fully saturated rings. The summed E-state index contributed by atoms with van der Waals surface area (Å²) in [4.78, 5) is 4.42. The topological polar surface area (TPSA) is 50.9 Å². The minimum absolute atomic E-state index is 0.545. The lowest BCUT2D eigenvalue weighted by Crippen LogP contribution is -2.31. The van der Waals surface area contributed by atoms with Crippen LogP contribution in [0.3, 0.4) is 0 Å². The van der Waals surface area contributed by atoms with Crippen molar-refractivity contribution in [1.29, 1.82) is 0 Å². The number of nitrogens with one attached hydrogen (secondary N) is 1. The van der Waals surface area contributed by atoms with Crippen molar-refractivity contribution in [2.75, 3.05) is 13.1 Å². The molecule has 0 radical (unpaired) electrons. The van der Waals surface area contributed by atoms with Crippen molar-refractivity contribution >= 4 is 0 Å². The Kier molecular flexibility index (Phi) is 6.16. The number of nitrogens with zero attached hydrogens (tertiary/aromatic N) is 1. The molecule has 96 valence electrons. The summed E-state index contributed by atoms with van der Waals surface area (Å²) in [5.41, 5.74) is 8.24. The van der Waals surface area contributed by atoms with Gasteiger partial charge in [0.25, 0.3) is 0 Å². The summed E-state index contributed by atoms with van der Waals surface area (Å²) in [5, 5.41) is 3.47. The fourth-order valence-corrected chi connectivity index (χ4v) is 1.92. The highest BCUT2D eigenvalue weighted by Gasteiger charge is 2.11. The second-order valence-corrected chi connectivity index (χ2v) is 4.83. The first-order valence-electron chi connectivity index (χ1n) is 6.52. The largest absolute Gasteiger partial charge is 0.330 e. The maximum atomic E-state index is 5.75. The van der Waals surface area contributed by atoms with Crippen molar-refractivity contribution in [2.45, 2.75) is 33.7 Å². The maximum absolute atomic E-state index is 5.75. The lowest BCUT2D eigenvalue weighted by atomic mass is 9.96. The molecule has 1 aromatic rings. The van der Waals surface area contributed by atoms with Crippen LogP contribution in [0.5, 0.6) is 0 Å². The van der Waals surface area contributed by atoms with Gasteiger partial charge in [-0.15, -0.1) is 0 Å². The van der Waals surface area contributed by atoms with Crippen LogP contribution in [-0.2, 0) is 13.0 Å². The molecule has 0 aliphatic carbocycles. The van der Waals surface area contributed by atoms with Gasteiger partial charge in [0.15, 0.2) is 0 Å². The molecule has 0 bridgehead atoms. The molecule has 0 aliphatic rings. The molecule has 1 atom stereocenters. The zero-order chi connectivity index (χ0) is 12.7. The summed E-state index contributed by atoms with van der Waals surface area (Å²) in [6.45, 7) is 9.15. The third kappa shape index (κ3) is 4.44. The maximum Gasteiger partial charge on any atom is 0.0573 e. The van der Waals surface area contributed by atoms with Gasteiger partial charge in [0, 0.05) is 12.7 Å². The fourth-order valence-electron chi connectivity index (χ4n) is 1.92. The lowest BCUT2D eigenvalue weighted by molar-refractivity contribution is 0.369. The van der Waals surface area contributed by atoms with E-state index in [4.69, 9.17) is 5.73 Å². The molecule has 0 aromatic carbocycles. The highest BCUT2D eigenvalue weighted by atomic mass is 14.9. The van der Waals surface area contributed by atoms with E-state index in [2.05, 4.69) is 37.1 Å². The number of aromatic nitrogens is 1. The smallest absolute Gasteiger partial charge is 0.0573 e. The summed E-state index contributed by atoms with van der Waals surface area (Å²) in [6, 6.07) is 4.14. The van der Waals surface area contributed by atoms with E-state index in [0.717, 1.165) is 31.7 Å². The first-order valence-corrected chi connectivity index (χ1v) is 6.52. The van der Waals surface area contributed by atoms with E-state index >= 15 is 0 Å². The Morgan fingerprint density at radius 1 is 1.41 bits per heavy atom. The monoisotopic (exact) mass is 235 g/mol. The van der Waals surface area contributed by atoms with Gasteiger partial charge < -0.3 is 11.1 Å². The second-order valence-electron chi connectivity index (χ2n) is 4.83. The van der Waals surface area contributed by atoms with E-state index in [1.54, 1.807) is 0 Å². The summed E-state index contributed by atoms with van der Waals surface area (Å²) in [7, 11) is 0. The number of hydrogen-bond acceptors (Lipinski definition) is 3. The second kappa shape index (κ2) is 7.41. The molecule has 3 N–H and O–H groups in total. The Bertz CT molecular complexity index is 323. The van der Waals surface area contributed by atoms with Gasteiger partial charge >= 0.3 is 0 Å². The van der Waals surface area contributed by atoms with Crippen LogP contribution in [0.2, 0.25) is 0 Å². The van der Waals surface area contributed by atoms with Gasteiger partial charge in [-0.25, -0.2) is 0 Å². The minimum Gasteiger partial charge on any atom is -0.330 e. The molecule has 1 rings (SSSR count). The predicted octanol–water partition coefficient (Wildman–Crippen LogP) is 1.96. The molecule has 3 heteroatoms. The Hall–Kier alpha value is -0.930. The van der Waals surface area contributed by atoms with Gasteiger partial charge in [-0.05, 0) is 43.0 Å². The summed E-state index contributed by atoms with van der Waals surface area (Å²) >= 11 is 0. The van der Waals surface area contributed by atoms with Crippen LogP contribution in [0.1, 0.15) is 32.0 Å². The molecule has 0 aliphatic heterocycles. The van der Waals surface area contributed by atoms with E-state index < -0.39 is 0 Å². The molecule has 3 nitrogen and oxygen atoms in total. The van der Waals surface area contributed by atoms with Crippen molar-refractivity contribution in [3.63, 3.8) is 0 Å². The van der Waals surface area contributed by atoms with Crippen molar-refractivity contribution in [3.8, 4) is 0 Å². The van der Waals surface area contributed by atoms with Crippen LogP contribution in [0.25, 0.3) is 0 Å². The highest BCUT2D eigenvalue weighted by molar-refractivity contribution is 5.19. The number of nitrogens with two attached hydrogens (primary N) is 1. The summed E-state index contributed by atoms with van der Waals surface area (Å²) in [6.07, 6.45) is 2.90. The van der Waals surface area contributed by atoms with Crippen molar-refractivity contribution in [2.24, 2.45) is 17.6 Å². The molecule has 17 heavy (non-hydrogen) atoms. The third-order valence-corrected chi connectivity index (χ3v) is 3.31. The average molecular weight is 235 g/mol. The zero-order valence-electron chi connectivity index (χ0n) is 11.2. The quantitative estimate of drug-likeness (QED) is 0.759. The number of hydrogen-bond donors (Lipinski definition) is 2. The van der Waals surface area contributed by atoms with Gasteiger partial charge in [-0.2, -0.15) is 0 Å². The number of rotatable bonds is 7. The standard InChI is InChI=1S/C14H25N3/c1-4-12-6-5-7-17-14(12)10-16-9-13(8-15)11(2)3/h5-7,11,13,16H,4,8-10,15H2,1-3H3. The molecule has 0 saturated heterocycles. The molecule has 0 amide bonds. The zero-order valence-corrected chi connectivity index (χ0v) is 11.2. The lowest BCUT2D eigenvalue weighted by Gasteiger charge is -2.19. The first kappa shape index (κ1) is 14.1. The molecular weight excluding hydrogens is 210 g/mol. The molecular formula is C14H25N3. The molecule has 1 aromatic heterocycles. The van der Waals surface area contributed by atoms with Crippen molar-refractivity contribution in [3.05, 3.63) is 29.6 Å². The Morgan fingerprint density at radius 3 is 2.76 bits per heavy atom. The Balaban J connectivity index is 2.45. The Labute approximate surface area is 105 Å². The van der Waals surface area contributed by atoms with Crippen LogP contribution in [0.15, 0.2) is 18.3 Å².